The van der Waals surface area contributed by atoms with E-state index < -0.39 is 0 Å². The summed E-state index contributed by atoms with van der Waals surface area (Å²) in [6.07, 6.45) is 7.80. The molecule has 4 heterocycles. The predicted molar refractivity (Wildman–Crippen MR) is 135 cm³/mol. The third kappa shape index (κ3) is 4.92. The molecule has 3 aliphatic rings. The number of hydrogen-bond donors (Lipinski definition) is 0. The third-order valence-corrected chi connectivity index (χ3v) is 8.12. The molecule has 2 unspecified atom stereocenters. The number of aryl methyl sites for hydroxylation is 2. The summed E-state index contributed by atoms with van der Waals surface area (Å²) in [5.41, 5.74) is 1.48. The number of piperidine rings is 2. The number of fused-ring (bicyclic) bond motifs is 4. The van der Waals surface area contributed by atoms with Gasteiger partial charge in [-0.15, -0.1) is 0 Å². The minimum Gasteiger partial charge on any atom is -0.487 e. The normalized spacial score (nSPS) is 23.8. The molecule has 2 saturated heterocycles. The van der Waals surface area contributed by atoms with Crippen LogP contribution in [0.15, 0.2) is 21.3 Å². The average Bonchev–Trinajstić information content (AvgIpc) is 2.81. The van der Waals surface area contributed by atoms with Crippen molar-refractivity contribution in [2.24, 2.45) is 5.92 Å². The molecule has 5 rings (SSSR count). The van der Waals surface area contributed by atoms with Gasteiger partial charge >= 0.3 is 5.63 Å². The zero-order chi connectivity index (χ0) is 24.7. The zero-order valence-electron chi connectivity index (χ0n) is 21.5. The molecule has 3 aliphatic heterocycles. The van der Waals surface area contributed by atoms with Gasteiger partial charge in [-0.25, -0.2) is 4.79 Å². The number of carbonyl (C=O) groups excluding carboxylic acids is 1. The summed E-state index contributed by atoms with van der Waals surface area (Å²) in [6, 6.07) is 3.94. The molecular formula is C28H38N2O5. The van der Waals surface area contributed by atoms with Gasteiger partial charge < -0.3 is 23.7 Å². The van der Waals surface area contributed by atoms with Gasteiger partial charge in [-0.05, 0) is 83.9 Å². The molecule has 0 N–H and O–H groups in total. The minimum absolute atomic E-state index is 0.0416. The first-order valence-corrected chi connectivity index (χ1v) is 13.1. The van der Waals surface area contributed by atoms with Crippen LogP contribution in [0.25, 0.3) is 11.0 Å². The van der Waals surface area contributed by atoms with Gasteiger partial charge in [0.15, 0.2) is 6.61 Å². The van der Waals surface area contributed by atoms with E-state index in [-0.39, 0.29) is 23.7 Å². The SMILES string of the molecule is Cc1cc(=O)oc2c3c(cc(OCC(=O)N(C)CC4CCCN5CCCCC45)c12)OC(C)(C)CC3. The molecule has 1 aromatic carbocycles. The Morgan fingerprint density at radius 3 is 2.83 bits per heavy atom. The van der Waals surface area contributed by atoms with E-state index in [4.69, 9.17) is 13.9 Å². The van der Waals surface area contributed by atoms with Gasteiger partial charge in [0.05, 0.1) is 5.39 Å². The van der Waals surface area contributed by atoms with Crippen LogP contribution in [0.2, 0.25) is 0 Å². The summed E-state index contributed by atoms with van der Waals surface area (Å²) < 4.78 is 18.0. The Hall–Kier alpha value is -2.54. The Morgan fingerprint density at radius 1 is 1.20 bits per heavy atom. The summed E-state index contributed by atoms with van der Waals surface area (Å²) in [5.74, 6) is 1.67. The van der Waals surface area contributed by atoms with Crippen LogP contribution in [-0.4, -0.2) is 60.6 Å². The summed E-state index contributed by atoms with van der Waals surface area (Å²) >= 11 is 0. The van der Waals surface area contributed by atoms with E-state index in [1.165, 1.54) is 51.3 Å². The quantitative estimate of drug-likeness (QED) is 0.592. The zero-order valence-corrected chi connectivity index (χ0v) is 21.5. The van der Waals surface area contributed by atoms with E-state index in [0.29, 0.717) is 29.0 Å². The van der Waals surface area contributed by atoms with Crippen molar-refractivity contribution in [3.63, 3.8) is 0 Å². The van der Waals surface area contributed by atoms with Crippen molar-refractivity contribution in [1.82, 2.24) is 9.80 Å². The van der Waals surface area contributed by atoms with Crippen LogP contribution in [0.3, 0.4) is 0 Å². The smallest absolute Gasteiger partial charge is 0.336 e. The largest absolute Gasteiger partial charge is 0.487 e. The maximum absolute atomic E-state index is 13.1. The lowest BCUT2D eigenvalue weighted by molar-refractivity contribution is -0.133. The number of carbonyl (C=O) groups is 1. The molecule has 2 aromatic rings. The number of rotatable bonds is 5. The summed E-state index contributed by atoms with van der Waals surface area (Å²) in [4.78, 5) is 29.7. The Balaban J connectivity index is 1.34. The van der Waals surface area contributed by atoms with E-state index in [0.717, 1.165) is 35.9 Å². The molecule has 7 nitrogen and oxygen atoms in total. The van der Waals surface area contributed by atoms with Gasteiger partial charge in [-0.2, -0.15) is 0 Å². The number of benzene rings is 1. The number of ether oxygens (including phenoxy) is 2. The molecule has 0 bridgehead atoms. The van der Waals surface area contributed by atoms with Gasteiger partial charge in [0, 0.05) is 37.3 Å². The fourth-order valence-electron chi connectivity index (χ4n) is 6.23. The van der Waals surface area contributed by atoms with Crippen molar-refractivity contribution in [3.05, 3.63) is 33.7 Å². The Kier molecular flexibility index (Phi) is 6.55. The molecule has 1 aromatic heterocycles. The summed E-state index contributed by atoms with van der Waals surface area (Å²) in [5, 5.41) is 0.743. The van der Waals surface area contributed by atoms with Crippen molar-refractivity contribution < 1.29 is 18.7 Å². The molecule has 2 fully saturated rings. The van der Waals surface area contributed by atoms with Gasteiger partial charge in [-0.1, -0.05) is 6.42 Å². The molecular weight excluding hydrogens is 444 g/mol. The number of nitrogens with zero attached hydrogens (tertiary/aromatic N) is 2. The number of likely N-dealkylation sites (N-methyl/N-ethyl adjacent to an activating group) is 1. The van der Waals surface area contributed by atoms with Crippen molar-refractivity contribution in [3.8, 4) is 11.5 Å². The Labute approximate surface area is 207 Å². The van der Waals surface area contributed by atoms with Gasteiger partial charge in [-0.3, -0.25) is 4.79 Å². The first kappa shape index (κ1) is 24.2. The van der Waals surface area contributed by atoms with Crippen molar-refractivity contribution in [2.45, 2.75) is 77.4 Å². The van der Waals surface area contributed by atoms with Gasteiger partial charge in [0.2, 0.25) is 0 Å². The highest BCUT2D eigenvalue weighted by Gasteiger charge is 2.34. The van der Waals surface area contributed by atoms with Crippen molar-refractivity contribution in [1.29, 1.82) is 0 Å². The topological polar surface area (TPSA) is 72.2 Å². The fraction of sp³-hybridized carbons (Fsp3) is 0.643. The van der Waals surface area contributed by atoms with Crippen LogP contribution >= 0.6 is 0 Å². The van der Waals surface area contributed by atoms with E-state index >= 15 is 0 Å². The second kappa shape index (κ2) is 9.49. The van der Waals surface area contributed by atoms with E-state index in [1.54, 1.807) is 0 Å². The second-order valence-electron chi connectivity index (χ2n) is 11.2. The Bertz CT molecular complexity index is 1170. The highest BCUT2D eigenvalue weighted by molar-refractivity contribution is 5.91. The van der Waals surface area contributed by atoms with E-state index in [2.05, 4.69) is 4.90 Å². The molecule has 2 atom stereocenters. The molecule has 35 heavy (non-hydrogen) atoms. The van der Waals surface area contributed by atoms with Gasteiger partial charge in [0.1, 0.15) is 22.7 Å². The summed E-state index contributed by atoms with van der Waals surface area (Å²) in [7, 11) is 1.88. The van der Waals surface area contributed by atoms with Crippen LogP contribution in [0, 0.1) is 12.8 Å². The molecule has 0 saturated carbocycles. The first-order valence-electron chi connectivity index (χ1n) is 13.1. The number of hydrogen-bond acceptors (Lipinski definition) is 6. The molecule has 0 radical (unpaired) electrons. The van der Waals surface area contributed by atoms with Crippen molar-refractivity contribution in [2.75, 3.05) is 33.3 Å². The standard InChI is InChI=1S/C28H38N2O5/c1-18-14-25(32)34-27-20-10-11-28(2,3)35-22(20)15-23(26(18)27)33-17-24(31)29(4)16-19-8-7-13-30-12-6-5-9-21(19)30/h14-15,19,21H,5-13,16-17H2,1-4H3. The van der Waals surface area contributed by atoms with E-state index in [1.807, 2.05) is 38.8 Å². The molecule has 0 aliphatic carbocycles. The lowest BCUT2D eigenvalue weighted by atomic mass is 9.83. The average molecular weight is 483 g/mol. The highest BCUT2D eigenvalue weighted by atomic mass is 16.5. The maximum Gasteiger partial charge on any atom is 0.336 e. The molecule has 0 spiro atoms. The minimum atomic E-state index is -0.390. The first-order chi connectivity index (χ1) is 16.7. The van der Waals surface area contributed by atoms with Crippen LogP contribution < -0.4 is 15.1 Å². The fourth-order valence-corrected chi connectivity index (χ4v) is 6.23. The molecule has 190 valence electrons. The predicted octanol–water partition coefficient (Wildman–Crippen LogP) is 4.31. The van der Waals surface area contributed by atoms with Crippen LogP contribution in [0.5, 0.6) is 11.5 Å². The van der Waals surface area contributed by atoms with Gasteiger partial charge in [0.25, 0.3) is 5.91 Å². The third-order valence-electron chi connectivity index (χ3n) is 8.12. The molecule has 1 amide bonds. The van der Waals surface area contributed by atoms with Crippen LogP contribution in [-0.2, 0) is 11.2 Å². The summed E-state index contributed by atoms with van der Waals surface area (Å²) in [6.45, 7) is 9.06. The second-order valence-corrected chi connectivity index (χ2v) is 11.2. The monoisotopic (exact) mass is 482 g/mol. The lowest BCUT2D eigenvalue weighted by Gasteiger charge is -2.45. The van der Waals surface area contributed by atoms with Crippen LogP contribution in [0.4, 0.5) is 0 Å². The lowest BCUT2D eigenvalue weighted by Crippen LogP contribution is -2.51. The number of amides is 1. The van der Waals surface area contributed by atoms with Crippen molar-refractivity contribution >= 4 is 16.9 Å². The molecule has 7 heteroatoms. The van der Waals surface area contributed by atoms with E-state index in [9.17, 15) is 9.59 Å². The maximum atomic E-state index is 13.1. The van der Waals surface area contributed by atoms with Crippen LogP contribution in [0.1, 0.15) is 63.5 Å². The highest BCUT2D eigenvalue weighted by Crippen LogP contribution is 2.42. The Morgan fingerprint density at radius 2 is 2.00 bits per heavy atom.